The molecule has 0 saturated carbocycles. The SMILES string of the molecule is CCOC=C1C(=O)c2ccccc2N(CC)C1=O. The molecule has 1 aromatic carbocycles. The molecule has 94 valence electrons. The van der Waals surface area contributed by atoms with Crippen LogP contribution in [-0.2, 0) is 9.53 Å². The van der Waals surface area contributed by atoms with Gasteiger partial charge < -0.3 is 9.64 Å². The molecule has 0 saturated heterocycles. The highest BCUT2D eigenvalue weighted by atomic mass is 16.5. The Bertz CT molecular complexity index is 520. The molecule has 1 aromatic rings. The Balaban J connectivity index is 2.53. The van der Waals surface area contributed by atoms with Gasteiger partial charge in [0.05, 0.1) is 18.6 Å². The van der Waals surface area contributed by atoms with Gasteiger partial charge in [0.2, 0.25) is 5.78 Å². The largest absolute Gasteiger partial charge is 0.501 e. The molecule has 1 amide bonds. The number of carbonyl (C=O) groups is 2. The monoisotopic (exact) mass is 245 g/mol. The molecule has 0 N–H and O–H groups in total. The first-order chi connectivity index (χ1) is 8.70. The number of ether oxygens (including phenoxy) is 1. The van der Waals surface area contributed by atoms with E-state index in [4.69, 9.17) is 4.74 Å². The Kier molecular flexibility index (Phi) is 3.46. The molecule has 0 radical (unpaired) electrons. The second kappa shape index (κ2) is 5.04. The lowest BCUT2D eigenvalue weighted by atomic mass is 9.96. The Hall–Kier alpha value is -2.10. The molecule has 0 bridgehead atoms. The lowest BCUT2D eigenvalue weighted by Crippen LogP contribution is -2.39. The smallest absolute Gasteiger partial charge is 0.265 e. The summed E-state index contributed by atoms with van der Waals surface area (Å²) in [4.78, 5) is 26.0. The molecule has 0 aliphatic carbocycles. The molecule has 0 fully saturated rings. The number of hydrogen-bond acceptors (Lipinski definition) is 3. The van der Waals surface area contributed by atoms with Crippen molar-refractivity contribution in [2.75, 3.05) is 18.1 Å². The Morgan fingerprint density at radius 1 is 1.22 bits per heavy atom. The minimum atomic E-state index is -0.297. The first-order valence-electron chi connectivity index (χ1n) is 5.98. The fraction of sp³-hybridized carbons (Fsp3) is 0.286. The van der Waals surface area contributed by atoms with Crippen molar-refractivity contribution in [1.82, 2.24) is 0 Å². The molecule has 18 heavy (non-hydrogen) atoms. The van der Waals surface area contributed by atoms with Crippen molar-refractivity contribution in [3.63, 3.8) is 0 Å². The zero-order valence-electron chi connectivity index (χ0n) is 10.5. The third kappa shape index (κ3) is 1.90. The molecule has 2 rings (SSSR count). The van der Waals surface area contributed by atoms with Crippen LogP contribution >= 0.6 is 0 Å². The number of amides is 1. The normalized spacial score (nSPS) is 17.0. The van der Waals surface area contributed by atoms with E-state index in [1.165, 1.54) is 6.26 Å². The second-order valence-electron chi connectivity index (χ2n) is 3.88. The van der Waals surface area contributed by atoms with Gasteiger partial charge in [-0.25, -0.2) is 0 Å². The van der Waals surface area contributed by atoms with Crippen LogP contribution < -0.4 is 4.90 Å². The van der Waals surface area contributed by atoms with Gasteiger partial charge in [0.1, 0.15) is 5.57 Å². The van der Waals surface area contributed by atoms with Crippen molar-refractivity contribution in [1.29, 1.82) is 0 Å². The summed E-state index contributed by atoms with van der Waals surface area (Å²) in [6, 6.07) is 7.12. The summed E-state index contributed by atoms with van der Waals surface area (Å²) < 4.78 is 5.09. The first kappa shape index (κ1) is 12.4. The molecular formula is C14H15NO3. The summed E-state index contributed by atoms with van der Waals surface area (Å²) >= 11 is 0. The summed E-state index contributed by atoms with van der Waals surface area (Å²) in [6.07, 6.45) is 1.27. The van der Waals surface area contributed by atoms with E-state index in [0.29, 0.717) is 24.4 Å². The molecule has 1 heterocycles. The summed E-state index contributed by atoms with van der Waals surface area (Å²) in [5.41, 5.74) is 1.31. The van der Waals surface area contributed by atoms with Crippen LogP contribution in [0.3, 0.4) is 0 Å². The summed E-state index contributed by atoms with van der Waals surface area (Å²) in [7, 11) is 0. The molecule has 4 heteroatoms. The standard InChI is InChI=1S/C14H15NO3/c1-3-15-12-8-6-5-7-10(12)13(16)11(14(15)17)9-18-4-2/h5-9H,3-4H2,1-2H3. The van der Waals surface area contributed by atoms with Gasteiger partial charge in [-0.2, -0.15) is 0 Å². The van der Waals surface area contributed by atoms with Gasteiger partial charge in [-0.1, -0.05) is 12.1 Å². The highest BCUT2D eigenvalue weighted by Gasteiger charge is 2.33. The Morgan fingerprint density at radius 2 is 1.94 bits per heavy atom. The Morgan fingerprint density at radius 3 is 2.61 bits per heavy atom. The number of anilines is 1. The topological polar surface area (TPSA) is 46.6 Å². The second-order valence-corrected chi connectivity index (χ2v) is 3.88. The van der Waals surface area contributed by atoms with E-state index in [9.17, 15) is 9.59 Å². The van der Waals surface area contributed by atoms with Crippen molar-refractivity contribution in [2.45, 2.75) is 13.8 Å². The van der Waals surface area contributed by atoms with Crippen LogP contribution in [-0.4, -0.2) is 24.8 Å². The fourth-order valence-electron chi connectivity index (χ4n) is 1.98. The quantitative estimate of drug-likeness (QED) is 0.465. The predicted octanol–water partition coefficient (Wildman–Crippen LogP) is 2.16. The molecule has 0 spiro atoms. The van der Waals surface area contributed by atoms with Crippen molar-refractivity contribution in [2.24, 2.45) is 0 Å². The number of carbonyl (C=O) groups excluding carboxylic acids is 2. The summed E-state index contributed by atoms with van der Waals surface area (Å²) in [5.74, 6) is -0.566. The minimum Gasteiger partial charge on any atom is -0.501 e. The zero-order valence-corrected chi connectivity index (χ0v) is 10.5. The zero-order chi connectivity index (χ0) is 13.1. The molecule has 1 aliphatic rings. The van der Waals surface area contributed by atoms with Crippen LogP contribution in [0.2, 0.25) is 0 Å². The van der Waals surface area contributed by atoms with Crippen LogP contribution in [0.1, 0.15) is 24.2 Å². The molecule has 0 aromatic heterocycles. The highest BCUT2D eigenvalue weighted by molar-refractivity contribution is 6.34. The molecule has 0 atom stereocenters. The van der Waals surface area contributed by atoms with Gasteiger partial charge in [0, 0.05) is 12.1 Å². The van der Waals surface area contributed by atoms with E-state index in [1.54, 1.807) is 30.0 Å². The lowest BCUT2D eigenvalue weighted by Gasteiger charge is -2.28. The van der Waals surface area contributed by atoms with E-state index in [-0.39, 0.29) is 17.3 Å². The van der Waals surface area contributed by atoms with E-state index < -0.39 is 0 Å². The number of para-hydroxylation sites is 1. The number of ketones is 1. The predicted molar refractivity (Wildman–Crippen MR) is 68.5 cm³/mol. The highest BCUT2D eigenvalue weighted by Crippen LogP contribution is 2.29. The lowest BCUT2D eigenvalue weighted by molar-refractivity contribution is -0.115. The Labute approximate surface area is 106 Å². The fourth-order valence-corrected chi connectivity index (χ4v) is 1.98. The third-order valence-corrected chi connectivity index (χ3v) is 2.84. The number of Topliss-reactive ketones (excluding diaryl/α,β-unsaturated/α-hetero) is 1. The summed E-state index contributed by atoms with van der Waals surface area (Å²) in [6.45, 7) is 4.63. The van der Waals surface area contributed by atoms with Crippen LogP contribution in [0.15, 0.2) is 36.1 Å². The number of nitrogens with zero attached hydrogens (tertiary/aromatic N) is 1. The van der Waals surface area contributed by atoms with E-state index >= 15 is 0 Å². The van der Waals surface area contributed by atoms with Gasteiger partial charge in [0.25, 0.3) is 5.91 Å². The average Bonchev–Trinajstić information content (AvgIpc) is 2.39. The number of fused-ring (bicyclic) bond motifs is 1. The number of benzene rings is 1. The van der Waals surface area contributed by atoms with Crippen LogP contribution in [0.5, 0.6) is 0 Å². The van der Waals surface area contributed by atoms with E-state index in [2.05, 4.69) is 0 Å². The molecule has 0 unspecified atom stereocenters. The number of rotatable bonds is 3. The van der Waals surface area contributed by atoms with Gasteiger partial charge in [0.15, 0.2) is 0 Å². The van der Waals surface area contributed by atoms with Crippen LogP contribution in [0.4, 0.5) is 5.69 Å². The number of hydrogen-bond donors (Lipinski definition) is 0. The van der Waals surface area contributed by atoms with Crippen molar-refractivity contribution in [3.05, 3.63) is 41.7 Å². The van der Waals surface area contributed by atoms with Gasteiger partial charge in [-0.05, 0) is 26.0 Å². The third-order valence-electron chi connectivity index (χ3n) is 2.84. The van der Waals surface area contributed by atoms with Crippen LogP contribution in [0.25, 0.3) is 0 Å². The van der Waals surface area contributed by atoms with Gasteiger partial charge in [-0.3, -0.25) is 9.59 Å². The maximum absolute atomic E-state index is 12.2. The van der Waals surface area contributed by atoms with Gasteiger partial charge in [-0.15, -0.1) is 0 Å². The van der Waals surface area contributed by atoms with Crippen molar-refractivity contribution in [3.8, 4) is 0 Å². The number of likely N-dealkylation sites (N-methyl/N-ethyl adjacent to an activating group) is 1. The van der Waals surface area contributed by atoms with Crippen LogP contribution in [0, 0.1) is 0 Å². The summed E-state index contributed by atoms with van der Waals surface area (Å²) in [5, 5.41) is 0. The van der Waals surface area contributed by atoms with E-state index in [1.807, 2.05) is 13.0 Å². The van der Waals surface area contributed by atoms with Crippen molar-refractivity contribution >= 4 is 17.4 Å². The van der Waals surface area contributed by atoms with Gasteiger partial charge >= 0.3 is 0 Å². The molecule has 4 nitrogen and oxygen atoms in total. The van der Waals surface area contributed by atoms with Crippen molar-refractivity contribution < 1.29 is 14.3 Å². The maximum Gasteiger partial charge on any atom is 0.265 e. The maximum atomic E-state index is 12.2. The molecule has 1 aliphatic heterocycles. The van der Waals surface area contributed by atoms with E-state index in [0.717, 1.165) is 0 Å². The first-order valence-corrected chi connectivity index (χ1v) is 5.98. The minimum absolute atomic E-state index is 0.0948. The average molecular weight is 245 g/mol. The molecular weight excluding hydrogens is 230 g/mol.